The molecule has 0 radical (unpaired) electrons. The molecule has 0 unspecified atom stereocenters. The van der Waals surface area contributed by atoms with E-state index in [2.05, 4.69) is 31.2 Å². The zero-order valence-electron chi connectivity index (χ0n) is 11.1. The molecule has 2 heteroatoms. The molecule has 2 aliphatic heterocycles. The third kappa shape index (κ3) is 1.41. The molecule has 96 valence electrons. The van der Waals surface area contributed by atoms with Crippen molar-refractivity contribution >= 4 is 0 Å². The van der Waals surface area contributed by atoms with Crippen LogP contribution in [0.15, 0.2) is 48.5 Å². The SMILES string of the molecule is C[C@]12Oc3ccccc3[C@](C)(Cc3ccccc31)O2. The Labute approximate surface area is 113 Å². The van der Waals surface area contributed by atoms with Crippen LogP contribution in [0, 0.1) is 0 Å². The van der Waals surface area contributed by atoms with Gasteiger partial charge in [0.1, 0.15) is 11.4 Å². The molecular formula is C17H16O2. The molecule has 0 saturated carbocycles. The molecular weight excluding hydrogens is 236 g/mol. The lowest BCUT2D eigenvalue weighted by Crippen LogP contribution is -2.50. The lowest BCUT2D eigenvalue weighted by Gasteiger charge is -2.50. The summed E-state index contributed by atoms with van der Waals surface area (Å²) >= 11 is 0. The average molecular weight is 252 g/mol. The zero-order valence-corrected chi connectivity index (χ0v) is 11.1. The predicted molar refractivity (Wildman–Crippen MR) is 73.0 cm³/mol. The van der Waals surface area contributed by atoms with Crippen LogP contribution in [0.2, 0.25) is 0 Å². The summed E-state index contributed by atoms with van der Waals surface area (Å²) in [5.74, 6) is 0.256. The van der Waals surface area contributed by atoms with Gasteiger partial charge in [0.05, 0.1) is 0 Å². The molecule has 0 N–H and O–H groups in total. The monoisotopic (exact) mass is 252 g/mol. The van der Waals surface area contributed by atoms with Crippen molar-refractivity contribution in [2.45, 2.75) is 31.7 Å². The number of hydrogen-bond donors (Lipinski definition) is 0. The Balaban J connectivity index is 1.98. The molecule has 2 aromatic rings. The highest BCUT2D eigenvalue weighted by Gasteiger charge is 2.50. The molecule has 2 aliphatic rings. The lowest BCUT2D eigenvalue weighted by atomic mass is 9.80. The second-order valence-electron chi connectivity index (χ2n) is 5.71. The fourth-order valence-electron chi connectivity index (χ4n) is 3.43. The fourth-order valence-corrected chi connectivity index (χ4v) is 3.43. The molecule has 0 aliphatic carbocycles. The van der Waals surface area contributed by atoms with Crippen LogP contribution in [0.3, 0.4) is 0 Å². The third-order valence-corrected chi connectivity index (χ3v) is 4.22. The van der Waals surface area contributed by atoms with Gasteiger partial charge >= 0.3 is 0 Å². The van der Waals surface area contributed by atoms with Crippen LogP contribution in [-0.2, 0) is 22.5 Å². The quantitative estimate of drug-likeness (QED) is 0.711. The summed E-state index contributed by atoms with van der Waals surface area (Å²) in [7, 11) is 0. The number of benzene rings is 2. The summed E-state index contributed by atoms with van der Waals surface area (Å²) in [5.41, 5.74) is 3.29. The van der Waals surface area contributed by atoms with Gasteiger partial charge in [-0.2, -0.15) is 0 Å². The van der Waals surface area contributed by atoms with E-state index < -0.39 is 5.79 Å². The standard InChI is InChI=1S/C17H16O2/c1-16-11-12-7-3-4-8-13(12)17(2,19-16)18-15-10-6-5-9-14(15)16/h3-10H,11H2,1-2H3/t16-,17+/m0/s1. The third-order valence-electron chi connectivity index (χ3n) is 4.22. The number of fused-ring (bicyclic) bond motifs is 6. The zero-order chi connectivity index (χ0) is 13.1. The minimum atomic E-state index is -0.683. The minimum Gasteiger partial charge on any atom is -0.458 e. The maximum atomic E-state index is 6.33. The smallest absolute Gasteiger partial charge is 0.235 e. The molecule has 19 heavy (non-hydrogen) atoms. The van der Waals surface area contributed by atoms with Crippen molar-refractivity contribution in [1.82, 2.24) is 0 Å². The van der Waals surface area contributed by atoms with Gasteiger partial charge in [0.25, 0.3) is 0 Å². The summed E-state index contributed by atoms with van der Waals surface area (Å²) in [5, 5.41) is 0. The van der Waals surface area contributed by atoms with Crippen molar-refractivity contribution in [3.63, 3.8) is 0 Å². The summed E-state index contributed by atoms with van der Waals surface area (Å²) in [6.45, 7) is 4.17. The number of para-hydroxylation sites is 1. The van der Waals surface area contributed by atoms with E-state index in [0.29, 0.717) is 0 Å². The van der Waals surface area contributed by atoms with Gasteiger partial charge in [0.2, 0.25) is 5.79 Å². The summed E-state index contributed by atoms with van der Waals surface area (Å²) in [4.78, 5) is 0. The maximum absolute atomic E-state index is 6.33. The highest BCUT2D eigenvalue weighted by molar-refractivity contribution is 5.46. The first kappa shape index (κ1) is 11.1. The van der Waals surface area contributed by atoms with E-state index in [1.807, 2.05) is 31.2 Å². The Morgan fingerprint density at radius 2 is 1.58 bits per heavy atom. The second-order valence-corrected chi connectivity index (χ2v) is 5.71. The number of hydrogen-bond acceptors (Lipinski definition) is 2. The summed E-state index contributed by atoms with van der Waals surface area (Å²) in [6.07, 6.45) is 0.888. The van der Waals surface area contributed by atoms with Crippen LogP contribution in [0.1, 0.15) is 30.5 Å². The molecule has 2 heterocycles. The van der Waals surface area contributed by atoms with Gasteiger partial charge < -0.3 is 9.47 Å². The van der Waals surface area contributed by atoms with E-state index in [1.165, 1.54) is 5.56 Å². The Hall–Kier alpha value is -1.80. The molecule has 4 rings (SSSR count). The Bertz CT molecular complexity index is 606. The predicted octanol–water partition coefficient (Wildman–Crippen LogP) is 3.74. The highest BCUT2D eigenvalue weighted by atomic mass is 16.7. The first-order valence-electron chi connectivity index (χ1n) is 6.68. The number of rotatable bonds is 0. The van der Waals surface area contributed by atoms with E-state index >= 15 is 0 Å². The first-order chi connectivity index (χ1) is 9.11. The molecule has 2 bridgehead atoms. The Morgan fingerprint density at radius 3 is 2.42 bits per heavy atom. The van der Waals surface area contributed by atoms with Crippen molar-refractivity contribution < 1.29 is 9.47 Å². The lowest BCUT2D eigenvalue weighted by molar-refractivity contribution is -0.275. The molecule has 2 aromatic carbocycles. The van der Waals surface area contributed by atoms with Gasteiger partial charge in [-0.1, -0.05) is 42.5 Å². The van der Waals surface area contributed by atoms with Crippen LogP contribution in [-0.4, -0.2) is 0 Å². The largest absolute Gasteiger partial charge is 0.458 e. The topological polar surface area (TPSA) is 18.5 Å². The van der Waals surface area contributed by atoms with E-state index in [9.17, 15) is 0 Å². The summed E-state index contributed by atoms with van der Waals surface area (Å²) in [6, 6.07) is 16.6. The molecule has 0 aromatic heterocycles. The van der Waals surface area contributed by atoms with Gasteiger partial charge in [-0.05, 0) is 18.6 Å². The highest BCUT2D eigenvalue weighted by Crippen LogP contribution is 2.52. The van der Waals surface area contributed by atoms with E-state index in [1.54, 1.807) is 0 Å². The van der Waals surface area contributed by atoms with Gasteiger partial charge in [0, 0.05) is 24.5 Å². The van der Waals surface area contributed by atoms with Crippen LogP contribution < -0.4 is 4.74 Å². The normalized spacial score (nSPS) is 31.1. The van der Waals surface area contributed by atoms with Gasteiger partial charge in [-0.25, -0.2) is 0 Å². The second kappa shape index (κ2) is 3.40. The van der Waals surface area contributed by atoms with E-state index in [0.717, 1.165) is 23.3 Å². The first-order valence-corrected chi connectivity index (χ1v) is 6.68. The minimum absolute atomic E-state index is 0.308. The van der Waals surface area contributed by atoms with Gasteiger partial charge in [-0.3, -0.25) is 0 Å². The Kier molecular flexibility index (Phi) is 1.98. The molecule has 0 fully saturated rings. The maximum Gasteiger partial charge on any atom is 0.235 e. The van der Waals surface area contributed by atoms with Gasteiger partial charge in [0.15, 0.2) is 0 Å². The van der Waals surface area contributed by atoms with Crippen molar-refractivity contribution in [3.8, 4) is 5.75 Å². The van der Waals surface area contributed by atoms with Crippen LogP contribution in [0.5, 0.6) is 5.75 Å². The Morgan fingerprint density at radius 1 is 0.895 bits per heavy atom. The van der Waals surface area contributed by atoms with Crippen LogP contribution in [0.25, 0.3) is 0 Å². The molecule has 0 saturated heterocycles. The molecule has 0 spiro atoms. The van der Waals surface area contributed by atoms with Crippen molar-refractivity contribution in [2.24, 2.45) is 0 Å². The van der Waals surface area contributed by atoms with Crippen molar-refractivity contribution in [2.75, 3.05) is 0 Å². The van der Waals surface area contributed by atoms with Crippen LogP contribution in [0.4, 0.5) is 0 Å². The fraction of sp³-hybridized carbons (Fsp3) is 0.294. The van der Waals surface area contributed by atoms with Crippen molar-refractivity contribution in [3.05, 3.63) is 65.2 Å². The van der Waals surface area contributed by atoms with E-state index in [4.69, 9.17) is 9.47 Å². The van der Waals surface area contributed by atoms with Crippen molar-refractivity contribution in [1.29, 1.82) is 0 Å². The average Bonchev–Trinajstić information content (AvgIpc) is 2.38. The van der Waals surface area contributed by atoms with Crippen LogP contribution >= 0.6 is 0 Å². The molecule has 2 atom stereocenters. The van der Waals surface area contributed by atoms with E-state index in [-0.39, 0.29) is 5.60 Å². The summed E-state index contributed by atoms with van der Waals surface area (Å²) < 4.78 is 12.5. The molecule has 2 nitrogen and oxygen atoms in total. The number of ether oxygens (including phenoxy) is 2. The van der Waals surface area contributed by atoms with Gasteiger partial charge in [-0.15, -0.1) is 0 Å². The molecule has 0 amide bonds.